The third-order valence-electron chi connectivity index (χ3n) is 5.00. The summed E-state index contributed by atoms with van der Waals surface area (Å²) < 4.78 is 11.5. The number of aromatic nitrogens is 2. The number of nitrogens with zero attached hydrogens (tertiary/aromatic N) is 3. The molecular formula is C23H26BrN5OS. The van der Waals surface area contributed by atoms with Crippen molar-refractivity contribution in [2.24, 2.45) is 4.99 Å². The van der Waals surface area contributed by atoms with Gasteiger partial charge in [-0.05, 0) is 58.1 Å². The smallest absolute Gasteiger partial charge is 0.167 e. The molecule has 8 heteroatoms. The molecule has 162 valence electrons. The van der Waals surface area contributed by atoms with E-state index in [1.807, 2.05) is 22.9 Å². The summed E-state index contributed by atoms with van der Waals surface area (Å²) in [4.78, 5) is 6.11. The van der Waals surface area contributed by atoms with Crippen molar-refractivity contribution >= 4 is 49.2 Å². The van der Waals surface area contributed by atoms with E-state index >= 15 is 0 Å². The predicted octanol–water partition coefficient (Wildman–Crippen LogP) is 5.38. The highest BCUT2D eigenvalue weighted by Crippen LogP contribution is 2.35. The van der Waals surface area contributed by atoms with Gasteiger partial charge in [0, 0.05) is 30.7 Å². The van der Waals surface area contributed by atoms with E-state index < -0.39 is 0 Å². The SMILES string of the molecule is C/C=S(/NCCOC)c1ccc(NC2CC(c3ccccc3)=Nc3c(Br)cnn32)cc1. The third-order valence-corrected chi connectivity index (χ3v) is 7.32. The molecule has 3 aromatic rings. The van der Waals surface area contributed by atoms with Crippen LogP contribution in [0.2, 0.25) is 0 Å². The van der Waals surface area contributed by atoms with E-state index in [4.69, 9.17) is 9.73 Å². The van der Waals surface area contributed by atoms with Crippen LogP contribution in [-0.2, 0) is 4.74 Å². The zero-order valence-corrected chi connectivity index (χ0v) is 20.0. The number of anilines is 1. The van der Waals surface area contributed by atoms with Gasteiger partial charge in [-0.15, -0.1) is 0 Å². The minimum absolute atomic E-state index is 0.0179. The van der Waals surface area contributed by atoms with Crippen LogP contribution < -0.4 is 10.0 Å². The maximum atomic E-state index is 5.14. The summed E-state index contributed by atoms with van der Waals surface area (Å²) in [6.45, 7) is 3.61. The van der Waals surface area contributed by atoms with Crippen LogP contribution in [0.4, 0.5) is 11.5 Å². The van der Waals surface area contributed by atoms with Crippen molar-refractivity contribution in [3.8, 4) is 0 Å². The first-order valence-corrected chi connectivity index (χ1v) is 12.3. The topological polar surface area (TPSA) is 63.5 Å². The first kappa shape index (κ1) is 22.0. The molecule has 0 saturated heterocycles. The highest BCUT2D eigenvalue weighted by molar-refractivity contribution is 9.10. The lowest BCUT2D eigenvalue weighted by Crippen LogP contribution is -2.26. The fraction of sp³-hybridized carbons (Fsp3) is 0.261. The Bertz CT molecular complexity index is 1080. The average Bonchev–Trinajstić information content (AvgIpc) is 3.19. The number of hydrogen-bond donors (Lipinski definition) is 2. The van der Waals surface area contributed by atoms with Crippen molar-refractivity contribution in [3.05, 3.63) is 70.8 Å². The summed E-state index contributed by atoms with van der Waals surface area (Å²) in [5.41, 5.74) is 3.23. The predicted molar refractivity (Wildman–Crippen MR) is 134 cm³/mol. The molecule has 1 aromatic heterocycles. The molecule has 2 unspecified atom stereocenters. The lowest BCUT2D eigenvalue weighted by atomic mass is 10.0. The molecular weight excluding hydrogens is 474 g/mol. The first-order chi connectivity index (χ1) is 15.2. The van der Waals surface area contributed by atoms with Gasteiger partial charge in [0.2, 0.25) is 0 Å². The molecule has 0 radical (unpaired) electrons. The van der Waals surface area contributed by atoms with Crippen LogP contribution in [0.3, 0.4) is 0 Å². The molecule has 2 heterocycles. The number of hydrogen-bond acceptors (Lipinski definition) is 5. The summed E-state index contributed by atoms with van der Waals surface area (Å²) >= 11 is 3.59. The van der Waals surface area contributed by atoms with Crippen molar-refractivity contribution in [2.75, 3.05) is 25.6 Å². The number of methoxy groups -OCH3 is 1. The summed E-state index contributed by atoms with van der Waals surface area (Å²) in [6.07, 6.45) is 2.54. The first-order valence-electron chi connectivity index (χ1n) is 10.2. The standard InChI is InChI=1S/C23H26BrN5OS/c1-3-31(26-13-14-30-2)19-11-9-18(10-12-19)27-22-15-21(17-7-5-4-6-8-17)28-23-20(24)16-25-29(22)23/h3-12,16,22,26-27H,13-15H2,1-2H3. The van der Waals surface area contributed by atoms with Crippen molar-refractivity contribution in [1.29, 1.82) is 0 Å². The monoisotopic (exact) mass is 499 g/mol. The van der Waals surface area contributed by atoms with Gasteiger partial charge in [0.1, 0.15) is 6.17 Å². The molecule has 31 heavy (non-hydrogen) atoms. The van der Waals surface area contributed by atoms with Gasteiger partial charge in [0.05, 0.1) is 23.0 Å². The molecule has 0 spiro atoms. The molecule has 1 aliphatic heterocycles. The lowest BCUT2D eigenvalue weighted by Gasteiger charge is -2.26. The van der Waals surface area contributed by atoms with Gasteiger partial charge in [-0.25, -0.2) is 9.67 Å². The van der Waals surface area contributed by atoms with Crippen LogP contribution in [0.15, 0.2) is 75.2 Å². The third kappa shape index (κ3) is 5.15. The molecule has 0 aliphatic carbocycles. The Morgan fingerprint density at radius 1 is 1.19 bits per heavy atom. The molecule has 6 nitrogen and oxygen atoms in total. The Morgan fingerprint density at radius 3 is 2.68 bits per heavy atom. The van der Waals surface area contributed by atoms with Gasteiger partial charge in [-0.2, -0.15) is 5.10 Å². The van der Waals surface area contributed by atoms with E-state index in [2.05, 4.69) is 79.8 Å². The number of rotatable bonds is 8. The van der Waals surface area contributed by atoms with Gasteiger partial charge in [0.15, 0.2) is 5.82 Å². The van der Waals surface area contributed by atoms with Gasteiger partial charge in [-0.1, -0.05) is 41.0 Å². The Kier molecular flexibility index (Phi) is 7.34. The minimum atomic E-state index is -0.100. The molecule has 0 saturated carbocycles. The highest BCUT2D eigenvalue weighted by Gasteiger charge is 2.25. The van der Waals surface area contributed by atoms with E-state index in [0.29, 0.717) is 6.61 Å². The Labute approximate surface area is 193 Å². The average molecular weight is 500 g/mol. The Morgan fingerprint density at radius 2 is 1.97 bits per heavy atom. The molecule has 2 N–H and O–H groups in total. The largest absolute Gasteiger partial charge is 0.383 e. The van der Waals surface area contributed by atoms with Crippen LogP contribution >= 0.6 is 26.6 Å². The second-order valence-corrected chi connectivity index (χ2v) is 9.80. The summed E-state index contributed by atoms with van der Waals surface area (Å²) in [5.74, 6) is 0.837. The molecule has 0 fully saturated rings. The van der Waals surface area contributed by atoms with Gasteiger partial charge < -0.3 is 10.1 Å². The molecule has 0 bridgehead atoms. The highest BCUT2D eigenvalue weighted by atomic mass is 79.9. The zero-order valence-electron chi connectivity index (χ0n) is 17.6. The van der Waals surface area contributed by atoms with Crippen LogP contribution in [0.25, 0.3) is 0 Å². The van der Waals surface area contributed by atoms with Gasteiger partial charge in [0.25, 0.3) is 0 Å². The fourth-order valence-corrected chi connectivity index (χ4v) is 5.18. The van der Waals surface area contributed by atoms with E-state index in [1.54, 1.807) is 13.3 Å². The van der Waals surface area contributed by atoms with Gasteiger partial charge >= 0.3 is 0 Å². The quantitative estimate of drug-likeness (QED) is 0.322. The van der Waals surface area contributed by atoms with E-state index in [-0.39, 0.29) is 16.8 Å². The maximum Gasteiger partial charge on any atom is 0.167 e. The van der Waals surface area contributed by atoms with E-state index in [1.165, 1.54) is 4.90 Å². The number of fused-ring (bicyclic) bond motifs is 1. The molecule has 2 atom stereocenters. The number of halogens is 1. The molecule has 2 aromatic carbocycles. The second-order valence-electron chi connectivity index (χ2n) is 7.03. The van der Waals surface area contributed by atoms with Crippen LogP contribution in [0.5, 0.6) is 0 Å². The van der Waals surface area contributed by atoms with Crippen LogP contribution in [-0.4, -0.2) is 41.1 Å². The molecule has 4 rings (SSSR count). The van der Waals surface area contributed by atoms with E-state index in [9.17, 15) is 0 Å². The number of ether oxygens (including phenoxy) is 1. The second kappa shape index (κ2) is 10.4. The summed E-state index contributed by atoms with van der Waals surface area (Å²) in [5, 5.41) is 10.4. The van der Waals surface area contributed by atoms with Crippen molar-refractivity contribution in [3.63, 3.8) is 0 Å². The Hall–Kier alpha value is -2.26. The minimum Gasteiger partial charge on any atom is -0.383 e. The van der Waals surface area contributed by atoms with Crippen molar-refractivity contribution in [2.45, 2.75) is 24.4 Å². The normalized spacial score (nSPS) is 16.6. The number of aliphatic imine (C=N–C) groups is 1. The zero-order chi connectivity index (χ0) is 21.6. The summed E-state index contributed by atoms with van der Waals surface area (Å²) in [6, 6.07) is 18.9. The van der Waals surface area contributed by atoms with Crippen molar-refractivity contribution in [1.82, 2.24) is 14.5 Å². The number of nitrogens with one attached hydrogen (secondary N) is 2. The van der Waals surface area contributed by atoms with Crippen LogP contribution in [0, 0.1) is 0 Å². The summed E-state index contributed by atoms with van der Waals surface area (Å²) in [7, 11) is 1.62. The van der Waals surface area contributed by atoms with Gasteiger partial charge in [-0.3, -0.25) is 4.72 Å². The molecule has 1 aliphatic rings. The lowest BCUT2D eigenvalue weighted by molar-refractivity contribution is 0.205. The van der Waals surface area contributed by atoms with Crippen molar-refractivity contribution < 1.29 is 4.74 Å². The maximum absolute atomic E-state index is 5.14. The fourth-order valence-electron chi connectivity index (χ4n) is 3.48. The van der Waals surface area contributed by atoms with Crippen LogP contribution in [0.1, 0.15) is 25.1 Å². The van der Waals surface area contributed by atoms with E-state index in [0.717, 1.165) is 40.2 Å². The number of benzene rings is 2. The molecule has 0 amide bonds. The Balaban J connectivity index is 1.53.